The van der Waals surface area contributed by atoms with Crippen molar-refractivity contribution in [3.8, 4) is 11.8 Å². The number of aromatic nitrogens is 2. The van der Waals surface area contributed by atoms with Crippen molar-refractivity contribution in [3.05, 3.63) is 41.5 Å². The summed E-state index contributed by atoms with van der Waals surface area (Å²) in [5, 5.41) is 26.4. The Kier molecular flexibility index (Phi) is 4.34. The van der Waals surface area contributed by atoms with Crippen LogP contribution in [0.2, 0.25) is 0 Å². The Balaban J connectivity index is 1.64. The molecule has 8 nitrogen and oxygen atoms in total. The first-order valence-corrected chi connectivity index (χ1v) is 8.77. The van der Waals surface area contributed by atoms with E-state index >= 15 is 0 Å². The fourth-order valence-electron chi connectivity index (χ4n) is 3.60. The highest BCUT2D eigenvalue weighted by atomic mass is 16.5. The Labute approximate surface area is 156 Å². The summed E-state index contributed by atoms with van der Waals surface area (Å²) in [5.74, 6) is 1.76. The van der Waals surface area contributed by atoms with Crippen molar-refractivity contribution in [3.63, 3.8) is 0 Å². The molecular formula is C18H18BN5O3. The topological polar surface area (TPSA) is 126 Å². The fraction of sp³-hybridized carbons (Fsp3) is 0.278. The first kappa shape index (κ1) is 17.2. The van der Waals surface area contributed by atoms with Crippen molar-refractivity contribution in [2.45, 2.75) is 25.3 Å². The fourth-order valence-corrected chi connectivity index (χ4v) is 3.60. The van der Waals surface area contributed by atoms with Gasteiger partial charge in [0, 0.05) is 17.4 Å². The molecule has 2 aliphatic rings. The molecule has 2 aromatic rings. The third-order valence-corrected chi connectivity index (χ3v) is 4.94. The van der Waals surface area contributed by atoms with E-state index in [-0.39, 0.29) is 17.5 Å². The van der Waals surface area contributed by atoms with Gasteiger partial charge in [-0.05, 0) is 43.4 Å². The third kappa shape index (κ3) is 3.27. The Morgan fingerprint density at radius 3 is 3.11 bits per heavy atom. The van der Waals surface area contributed by atoms with Gasteiger partial charge in [0.15, 0.2) is 5.82 Å². The molecule has 1 aromatic carbocycles. The zero-order valence-electron chi connectivity index (χ0n) is 14.5. The lowest BCUT2D eigenvalue weighted by Crippen LogP contribution is -2.21. The second kappa shape index (κ2) is 6.81. The predicted octanol–water partition coefficient (Wildman–Crippen LogP) is 2.02. The van der Waals surface area contributed by atoms with Crippen molar-refractivity contribution < 1.29 is 14.5 Å². The van der Waals surface area contributed by atoms with Gasteiger partial charge in [-0.15, -0.1) is 0 Å². The summed E-state index contributed by atoms with van der Waals surface area (Å²) in [5.41, 5.74) is 7.29. The van der Waals surface area contributed by atoms with Crippen LogP contribution in [-0.2, 0) is 0 Å². The van der Waals surface area contributed by atoms with E-state index in [0.717, 1.165) is 24.8 Å². The molecule has 4 rings (SSSR count). The molecule has 0 saturated heterocycles. The van der Waals surface area contributed by atoms with Crippen LogP contribution in [0.5, 0.6) is 5.75 Å². The minimum absolute atomic E-state index is 0.0509. The molecule has 136 valence electrons. The van der Waals surface area contributed by atoms with Crippen LogP contribution in [-0.4, -0.2) is 27.8 Å². The van der Waals surface area contributed by atoms with Crippen LogP contribution in [0.15, 0.2) is 30.4 Å². The molecule has 2 heterocycles. The highest BCUT2D eigenvalue weighted by molar-refractivity contribution is 6.51. The summed E-state index contributed by atoms with van der Waals surface area (Å²) in [6.07, 6.45) is 6.01. The number of hydrogen-bond acceptors (Lipinski definition) is 6. The standard InChI is InChI=1S/C18H18BN5O3/c20-9-12-2-1-3-15(12)24-10-14(17(21)25)18(23-24)22-13-4-5-16-11(8-13)6-7-19(26)27-16/h4-8,10,12,15,26H,1-3H2,(H2,21,25)(H,22,23). The average Bonchev–Trinajstić information content (AvgIpc) is 3.28. The lowest BCUT2D eigenvalue weighted by atomic mass is 9.86. The third-order valence-electron chi connectivity index (χ3n) is 4.94. The predicted molar refractivity (Wildman–Crippen MR) is 100 cm³/mol. The molecule has 1 fully saturated rings. The van der Waals surface area contributed by atoms with Crippen molar-refractivity contribution in [2.75, 3.05) is 5.32 Å². The van der Waals surface area contributed by atoms with E-state index in [0.29, 0.717) is 17.3 Å². The number of carbonyl (C=O) groups is 1. The zero-order valence-corrected chi connectivity index (χ0v) is 14.5. The minimum Gasteiger partial charge on any atom is -0.532 e. The van der Waals surface area contributed by atoms with E-state index in [1.165, 1.54) is 5.98 Å². The van der Waals surface area contributed by atoms with Gasteiger partial charge in [-0.3, -0.25) is 9.48 Å². The molecule has 2 unspecified atom stereocenters. The molecule has 4 N–H and O–H groups in total. The molecule has 27 heavy (non-hydrogen) atoms. The Morgan fingerprint density at radius 1 is 1.48 bits per heavy atom. The number of hydrogen-bond donors (Lipinski definition) is 3. The van der Waals surface area contributed by atoms with Gasteiger partial charge in [-0.2, -0.15) is 10.4 Å². The smallest absolute Gasteiger partial charge is 0.532 e. The number of nitrogens with two attached hydrogens (primary N) is 1. The molecule has 1 aliphatic carbocycles. The van der Waals surface area contributed by atoms with Crippen LogP contribution in [0, 0.1) is 17.2 Å². The van der Waals surface area contributed by atoms with Crippen molar-refractivity contribution >= 4 is 30.6 Å². The number of benzene rings is 1. The summed E-state index contributed by atoms with van der Waals surface area (Å²) >= 11 is 0. The quantitative estimate of drug-likeness (QED) is 0.714. The van der Waals surface area contributed by atoms with E-state index in [4.69, 9.17) is 10.4 Å². The number of anilines is 2. The van der Waals surface area contributed by atoms with E-state index in [1.54, 1.807) is 29.1 Å². The first-order chi connectivity index (χ1) is 13.0. The van der Waals surface area contributed by atoms with Crippen LogP contribution < -0.4 is 15.7 Å². The van der Waals surface area contributed by atoms with Crippen LogP contribution in [0.25, 0.3) is 6.08 Å². The number of primary amides is 1. The summed E-state index contributed by atoms with van der Waals surface area (Å²) in [7, 11) is -0.951. The maximum Gasteiger partial charge on any atom is 0.552 e. The number of nitrogens with zero attached hydrogens (tertiary/aromatic N) is 3. The molecule has 0 radical (unpaired) electrons. The van der Waals surface area contributed by atoms with Crippen molar-refractivity contribution in [2.24, 2.45) is 11.7 Å². The summed E-state index contributed by atoms with van der Waals surface area (Å²) in [6, 6.07) is 7.59. The van der Waals surface area contributed by atoms with Crippen LogP contribution in [0.1, 0.15) is 41.2 Å². The Bertz CT molecular complexity index is 964. The van der Waals surface area contributed by atoms with Gasteiger partial charge in [-0.25, -0.2) is 0 Å². The number of fused-ring (bicyclic) bond motifs is 1. The van der Waals surface area contributed by atoms with E-state index in [9.17, 15) is 15.1 Å². The second-order valence-electron chi connectivity index (χ2n) is 6.71. The van der Waals surface area contributed by atoms with Gasteiger partial charge in [0.05, 0.1) is 18.0 Å². The number of amides is 1. The highest BCUT2D eigenvalue weighted by Crippen LogP contribution is 2.36. The lowest BCUT2D eigenvalue weighted by Gasteiger charge is -2.16. The largest absolute Gasteiger partial charge is 0.552 e. The summed E-state index contributed by atoms with van der Waals surface area (Å²) in [4.78, 5) is 11.9. The van der Waals surface area contributed by atoms with Gasteiger partial charge < -0.3 is 20.7 Å². The van der Waals surface area contributed by atoms with Crippen molar-refractivity contribution in [1.29, 1.82) is 5.26 Å². The number of carbonyl (C=O) groups excluding carboxylic acids is 1. The molecule has 1 aliphatic heterocycles. The van der Waals surface area contributed by atoms with Crippen LogP contribution in [0.4, 0.5) is 11.5 Å². The van der Waals surface area contributed by atoms with E-state index in [1.807, 2.05) is 6.07 Å². The molecule has 1 amide bonds. The lowest BCUT2D eigenvalue weighted by molar-refractivity contribution is 0.100. The molecule has 1 saturated carbocycles. The van der Waals surface area contributed by atoms with Gasteiger partial charge in [0.25, 0.3) is 5.91 Å². The minimum atomic E-state index is -0.951. The SMILES string of the molecule is N#CC1CCCC1n1cc(C(N)=O)c(Nc2ccc3c(c2)C=CB(O)O3)n1. The average molecular weight is 363 g/mol. The van der Waals surface area contributed by atoms with Gasteiger partial charge in [0.2, 0.25) is 0 Å². The monoisotopic (exact) mass is 363 g/mol. The van der Waals surface area contributed by atoms with Crippen LogP contribution >= 0.6 is 0 Å². The molecule has 1 aromatic heterocycles. The molecule has 0 bridgehead atoms. The molecule has 0 spiro atoms. The number of nitrogens with one attached hydrogen (secondary N) is 1. The van der Waals surface area contributed by atoms with Gasteiger partial charge in [0.1, 0.15) is 11.3 Å². The molecule has 2 atom stereocenters. The summed E-state index contributed by atoms with van der Waals surface area (Å²) in [6.45, 7) is 0. The second-order valence-corrected chi connectivity index (χ2v) is 6.71. The van der Waals surface area contributed by atoms with Gasteiger partial charge >= 0.3 is 7.12 Å². The molecule has 9 heteroatoms. The normalized spacial score (nSPS) is 20.7. The Morgan fingerprint density at radius 2 is 2.33 bits per heavy atom. The van der Waals surface area contributed by atoms with Crippen molar-refractivity contribution in [1.82, 2.24) is 9.78 Å². The van der Waals surface area contributed by atoms with E-state index < -0.39 is 13.0 Å². The first-order valence-electron chi connectivity index (χ1n) is 8.77. The zero-order chi connectivity index (χ0) is 19.0. The van der Waals surface area contributed by atoms with E-state index in [2.05, 4.69) is 16.5 Å². The number of nitriles is 1. The van der Waals surface area contributed by atoms with Gasteiger partial charge in [-0.1, -0.05) is 6.08 Å². The maximum absolute atomic E-state index is 11.9. The number of rotatable bonds is 4. The maximum atomic E-state index is 11.9. The van der Waals surface area contributed by atoms with Crippen LogP contribution in [0.3, 0.4) is 0 Å². The molecular weight excluding hydrogens is 345 g/mol. The highest BCUT2D eigenvalue weighted by Gasteiger charge is 2.30. The summed E-state index contributed by atoms with van der Waals surface area (Å²) < 4.78 is 6.99. The Hall–Kier alpha value is -3.25.